The van der Waals surface area contributed by atoms with E-state index >= 15 is 0 Å². The number of ketones is 1. The number of hydrogen-bond donors (Lipinski definition) is 1. The maximum absolute atomic E-state index is 12.9. The minimum atomic E-state index is -2.07. The van der Waals surface area contributed by atoms with Gasteiger partial charge in [-0.05, 0) is 17.8 Å². The van der Waals surface area contributed by atoms with Crippen molar-refractivity contribution < 1.29 is 9.45 Å². The molecule has 0 atom stereocenters. The fraction of sp³-hybridized carbons (Fsp3) is 0.182. The van der Waals surface area contributed by atoms with E-state index in [1.54, 1.807) is 32.1 Å². The zero-order valence-electron chi connectivity index (χ0n) is 16.9. The van der Waals surface area contributed by atoms with Crippen LogP contribution in [0.15, 0.2) is 84.3 Å². The van der Waals surface area contributed by atoms with Crippen molar-refractivity contribution >= 4 is 64.1 Å². The summed E-state index contributed by atoms with van der Waals surface area (Å²) in [5.74, 6) is -0.296. The molecule has 0 saturated heterocycles. The molecule has 30 heavy (non-hydrogen) atoms. The van der Waals surface area contributed by atoms with Crippen LogP contribution in [0.3, 0.4) is 0 Å². The van der Waals surface area contributed by atoms with E-state index in [0.29, 0.717) is 0 Å². The molecule has 156 valence electrons. The van der Waals surface area contributed by atoms with E-state index in [4.69, 9.17) is 44.9 Å². The zero-order valence-corrected chi connectivity index (χ0v) is 19.2. The van der Waals surface area contributed by atoms with Crippen LogP contribution in [0.4, 0.5) is 0 Å². The predicted molar refractivity (Wildman–Crippen MR) is 128 cm³/mol. The fourth-order valence-corrected chi connectivity index (χ4v) is 3.02. The third-order valence-corrected chi connectivity index (χ3v) is 4.72. The molecule has 0 radical (unpaired) electrons. The Labute approximate surface area is 192 Å². The highest BCUT2D eigenvalue weighted by Crippen LogP contribution is 2.32. The Hall–Kier alpha value is -2.21. The van der Waals surface area contributed by atoms with Crippen LogP contribution in [0.1, 0.15) is 6.92 Å². The van der Waals surface area contributed by atoms with Crippen LogP contribution in [0.2, 0.25) is 0 Å². The Balaban J connectivity index is 2.54. The van der Waals surface area contributed by atoms with Crippen molar-refractivity contribution in [2.75, 3.05) is 14.1 Å². The Kier molecular flexibility index (Phi) is 8.59. The second kappa shape index (κ2) is 10.7. The average Bonchev–Trinajstić information content (AvgIpc) is 2.71. The summed E-state index contributed by atoms with van der Waals surface area (Å²) in [5.41, 5.74) is 1.24. The van der Waals surface area contributed by atoms with Crippen LogP contribution < -0.4 is 10.9 Å². The van der Waals surface area contributed by atoms with Gasteiger partial charge in [0.05, 0.1) is 17.0 Å². The van der Waals surface area contributed by atoms with Crippen LogP contribution in [-0.2, 0) is 9.45 Å². The van der Waals surface area contributed by atoms with Crippen molar-refractivity contribution in [3.05, 3.63) is 84.3 Å². The summed E-state index contributed by atoms with van der Waals surface area (Å²) in [6.45, 7) is 1.09. The molecule has 0 saturated carbocycles. The third kappa shape index (κ3) is 6.66. The lowest BCUT2D eigenvalue weighted by Crippen LogP contribution is -2.45. The number of alkyl halides is 3. The van der Waals surface area contributed by atoms with E-state index in [0.717, 1.165) is 10.9 Å². The highest BCUT2D eigenvalue weighted by molar-refractivity contribution is 6.80. The van der Waals surface area contributed by atoms with Gasteiger partial charge in [-0.1, -0.05) is 95.5 Å². The highest BCUT2D eigenvalue weighted by atomic mass is 35.6. The number of nitrogens with one attached hydrogen (secondary N) is 1. The molecular formula is C22H22BCl3N2O2. The summed E-state index contributed by atoms with van der Waals surface area (Å²) < 4.78 is 4.15. The smallest absolute Gasteiger partial charge is 0.426 e. The number of allylic oxidation sites excluding steroid dienone is 3. The van der Waals surface area contributed by atoms with Gasteiger partial charge in [0.1, 0.15) is 0 Å². The number of carbonyl (C=O) groups excluding carboxylic acids is 1. The topological polar surface area (TPSA) is 53.4 Å². The van der Waals surface area contributed by atoms with E-state index in [9.17, 15) is 4.79 Å². The monoisotopic (exact) mass is 462 g/mol. The van der Waals surface area contributed by atoms with E-state index in [1.165, 1.54) is 6.08 Å². The van der Waals surface area contributed by atoms with Crippen molar-refractivity contribution in [2.45, 2.75) is 10.7 Å². The molecule has 0 amide bonds. The quantitative estimate of drug-likeness (QED) is 0.211. The van der Waals surface area contributed by atoms with Gasteiger partial charge in [-0.3, -0.25) is 10.2 Å². The standard InChI is InChI=1S/C22H22BCl3N2O2/c1-16(20(21(27)22(24,25)26)19(29)14-15-28(2)3)30-23(17-10-6-4-7-11-17)18-12-8-5-9-13-18/h4-15,27H,1-3H3/b15-14+,20-16+,27-21?. The second-order valence-corrected chi connectivity index (χ2v) is 9.05. The van der Waals surface area contributed by atoms with Crippen molar-refractivity contribution in [3.63, 3.8) is 0 Å². The van der Waals surface area contributed by atoms with Gasteiger partial charge in [-0.25, -0.2) is 0 Å². The van der Waals surface area contributed by atoms with Gasteiger partial charge in [0.2, 0.25) is 3.79 Å². The van der Waals surface area contributed by atoms with Gasteiger partial charge in [-0.2, -0.15) is 0 Å². The van der Waals surface area contributed by atoms with Gasteiger partial charge in [0, 0.05) is 26.4 Å². The number of carbonyl (C=O) groups is 1. The molecule has 0 unspecified atom stereocenters. The zero-order chi connectivity index (χ0) is 22.3. The first-order valence-corrected chi connectivity index (χ1v) is 10.3. The molecule has 0 fully saturated rings. The van der Waals surface area contributed by atoms with Crippen LogP contribution in [-0.4, -0.2) is 41.2 Å². The lowest BCUT2D eigenvalue weighted by molar-refractivity contribution is -0.111. The van der Waals surface area contributed by atoms with Crippen LogP contribution in [0.25, 0.3) is 0 Å². The van der Waals surface area contributed by atoms with Crippen molar-refractivity contribution in [2.24, 2.45) is 0 Å². The maximum atomic E-state index is 12.9. The number of rotatable bonds is 8. The summed E-state index contributed by atoms with van der Waals surface area (Å²) in [4.78, 5) is 14.6. The molecule has 2 aromatic carbocycles. The first-order chi connectivity index (χ1) is 14.1. The molecule has 0 aliphatic rings. The molecule has 0 aliphatic heterocycles. The van der Waals surface area contributed by atoms with Gasteiger partial charge < -0.3 is 9.55 Å². The molecule has 4 nitrogen and oxygen atoms in total. The number of halogens is 3. The van der Waals surface area contributed by atoms with Crippen molar-refractivity contribution in [1.29, 1.82) is 5.41 Å². The number of hydrogen-bond acceptors (Lipinski definition) is 4. The van der Waals surface area contributed by atoms with Gasteiger partial charge in [-0.15, -0.1) is 0 Å². The minimum absolute atomic E-state index is 0.0926. The number of nitrogens with zero attached hydrogens (tertiary/aromatic N) is 1. The lowest BCUT2D eigenvalue weighted by atomic mass is 9.55. The Bertz CT molecular complexity index is 900. The normalized spacial score (nSPS) is 12.3. The van der Waals surface area contributed by atoms with E-state index < -0.39 is 22.2 Å². The Morgan fingerprint density at radius 3 is 1.87 bits per heavy atom. The molecule has 0 bridgehead atoms. The SMILES string of the molecule is C/C(OB(c1ccccc1)c1ccccc1)=C(\C(=N)C(Cl)(Cl)Cl)C(=O)/C=C/N(C)C. The molecule has 1 N–H and O–H groups in total. The Morgan fingerprint density at radius 2 is 1.47 bits per heavy atom. The molecule has 8 heteroatoms. The van der Waals surface area contributed by atoms with Gasteiger partial charge in [0.25, 0.3) is 0 Å². The summed E-state index contributed by atoms with van der Waals surface area (Å²) in [7, 11) is 3.55. The van der Waals surface area contributed by atoms with Crippen LogP contribution >= 0.6 is 34.8 Å². The van der Waals surface area contributed by atoms with E-state index in [-0.39, 0.29) is 11.3 Å². The van der Waals surface area contributed by atoms with Crippen LogP contribution in [0, 0.1) is 5.41 Å². The first-order valence-electron chi connectivity index (χ1n) is 9.13. The number of benzene rings is 2. The maximum Gasteiger partial charge on any atom is 0.426 e. The molecule has 0 aromatic heterocycles. The minimum Gasteiger partial charge on any atom is -0.554 e. The second-order valence-electron chi connectivity index (χ2n) is 6.77. The molecule has 0 aliphatic carbocycles. The van der Waals surface area contributed by atoms with Crippen molar-refractivity contribution in [1.82, 2.24) is 4.90 Å². The van der Waals surface area contributed by atoms with Gasteiger partial charge >= 0.3 is 6.92 Å². The third-order valence-electron chi connectivity index (χ3n) is 4.16. The van der Waals surface area contributed by atoms with E-state index in [2.05, 4.69) is 0 Å². The predicted octanol–water partition coefficient (Wildman–Crippen LogP) is 4.12. The van der Waals surface area contributed by atoms with Crippen molar-refractivity contribution in [3.8, 4) is 0 Å². The van der Waals surface area contributed by atoms with Gasteiger partial charge in [0.15, 0.2) is 5.78 Å². The molecule has 0 spiro atoms. The lowest BCUT2D eigenvalue weighted by Gasteiger charge is -2.21. The molecule has 2 rings (SSSR count). The fourth-order valence-electron chi connectivity index (χ4n) is 2.73. The van der Waals surface area contributed by atoms with Crippen LogP contribution in [0.5, 0.6) is 0 Å². The first kappa shape index (κ1) is 24.1. The highest BCUT2D eigenvalue weighted by Gasteiger charge is 2.35. The molecule has 0 heterocycles. The summed E-state index contributed by atoms with van der Waals surface area (Å²) in [6.07, 6.45) is 2.88. The molecule has 2 aromatic rings. The van der Waals surface area contributed by atoms with E-state index in [1.807, 2.05) is 60.7 Å². The average molecular weight is 464 g/mol. The largest absolute Gasteiger partial charge is 0.554 e. The Morgan fingerprint density at radius 1 is 1.00 bits per heavy atom. The molecular weight excluding hydrogens is 441 g/mol. The summed E-state index contributed by atoms with van der Waals surface area (Å²) in [6, 6.07) is 19.2. The summed E-state index contributed by atoms with van der Waals surface area (Å²) >= 11 is 17.8. The summed E-state index contributed by atoms with van der Waals surface area (Å²) in [5, 5.41) is 8.30.